The standard InChI is InChI=1S/C21H26N6O4/c22-18(23)12-5-7-13(8-6-12)26-20(30)14-3-1-2-4-15(14)21(31)27-16(11-17(28)29)19-24-9-10-25-19/h5-10,14-16H,1-4,11H2,(H3,22,23)(H,24,25)(H,26,30)(H,27,31)(H,28,29). The van der Waals surface area contributed by atoms with Gasteiger partial charge in [-0.1, -0.05) is 12.8 Å². The molecular weight excluding hydrogens is 400 g/mol. The number of nitrogens with one attached hydrogen (secondary N) is 4. The van der Waals surface area contributed by atoms with Gasteiger partial charge in [0.25, 0.3) is 0 Å². The normalized spacial score (nSPS) is 19.2. The molecule has 3 atom stereocenters. The Hall–Kier alpha value is -3.69. The highest BCUT2D eigenvalue weighted by Gasteiger charge is 2.37. The lowest BCUT2D eigenvalue weighted by molar-refractivity contribution is -0.139. The molecule has 10 heteroatoms. The molecule has 2 amide bonds. The van der Waals surface area contributed by atoms with Crippen molar-refractivity contribution in [3.05, 3.63) is 48.0 Å². The fourth-order valence-electron chi connectivity index (χ4n) is 3.86. The van der Waals surface area contributed by atoms with Crippen LogP contribution in [0.2, 0.25) is 0 Å². The molecule has 3 rings (SSSR count). The largest absolute Gasteiger partial charge is 0.481 e. The molecule has 1 aliphatic carbocycles. The van der Waals surface area contributed by atoms with Crippen LogP contribution in [0.4, 0.5) is 5.69 Å². The first-order chi connectivity index (χ1) is 14.8. The Morgan fingerprint density at radius 2 is 1.81 bits per heavy atom. The molecular formula is C21H26N6O4. The second-order valence-electron chi connectivity index (χ2n) is 7.61. The predicted molar refractivity (Wildman–Crippen MR) is 113 cm³/mol. The summed E-state index contributed by atoms with van der Waals surface area (Å²) in [5, 5.41) is 22.2. The van der Waals surface area contributed by atoms with Crippen LogP contribution in [0.3, 0.4) is 0 Å². The van der Waals surface area contributed by atoms with Crippen LogP contribution in [0.25, 0.3) is 0 Å². The van der Waals surface area contributed by atoms with Crippen LogP contribution in [0.1, 0.15) is 49.5 Å². The molecule has 1 aromatic carbocycles. The number of anilines is 1. The number of carbonyl (C=O) groups excluding carboxylic acids is 2. The van der Waals surface area contributed by atoms with Gasteiger partial charge in [-0.15, -0.1) is 0 Å². The first-order valence-electron chi connectivity index (χ1n) is 10.1. The van der Waals surface area contributed by atoms with E-state index < -0.39 is 23.8 Å². The van der Waals surface area contributed by atoms with Gasteiger partial charge in [0.2, 0.25) is 11.8 Å². The number of nitrogen functional groups attached to an aromatic ring is 1. The molecule has 164 valence electrons. The zero-order valence-electron chi connectivity index (χ0n) is 16.9. The number of nitrogens with zero attached hydrogens (tertiary/aromatic N) is 1. The second kappa shape index (κ2) is 9.88. The van der Waals surface area contributed by atoms with Crippen LogP contribution in [0.5, 0.6) is 0 Å². The minimum absolute atomic E-state index is 0.0608. The van der Waals surface area contributed by atoms with Crippen molar-refractivity contribution >= 4 is 29.3 Å². The monoisotopic (exact) mass is 426 g/mol. The minimum atomic E-state index is -1.06. The average molecular weight is 426 g/mol. The first kappa shape index (κ1) is 22.0. The summed E-state index contributed by atoms with van der Waals surface area (Å²) in [6.45, 7) is 0. The number of aromatic amines is 1. The topological polar surface area (TPSA) is 174 Å². The van der Waals surface area contributed by atoms with Gasteiger partial charge in [-0.3, -0.25) is 19.8 Å². The molecule has 1 fully saturated rings. The van der Waals surface area contributed by atoms with Gasteiger partial charge in [-0.05, 0) is 37.1 Å². The molecule has 0 saturated heterocycles. The summed E-state index contributed by atoms with van der Waals surface area (Å²) in [7, 11) is 0. The Balaban J connectivity index is 1.69. The molecule has 0 aliphatic heterocycles. The smallest absolute Gasteiger partial charge is 0.305 e. The summed E-state index contributed by atoms with van der Waals surface area (Å²) in [5.74, 6) is -2.46. The van der Waals surface area contributed by atoms with Gasteiger partial charge in [0.15, 0.2) is 0 Å². The average Bonchev–Trinajstić information content (AvgIpc) is 3.28. The van der Waals surface area contributed by atoms with Crippen molar-refractivity contribution in [1.82, 2.24) is 15.3 Å². The molecule has 1 saturated carbocycles. The third-order valence-electron chi connectivity index (χ3n) is 5.45. The van der Waals surface area contributed by atoms with Crippen molar-refractivity contribution in [3.8, 4) is 0 Å². The number of carboxylic acid groups (broad SMARTS) is 1. The zero-order valence-corrected chi connectivity index (χ0v) is 16.9. The van der Waals surface area contributed by atoms with E-state index in [0.29, 0.717) is 29.9 Å². The molecule has 31 heavy (non-hydrogen) atoms. The van der Waals surface area contributed by atoms with Crippen molar-refractivity contribution in [1.29, 1.82) is 5.41 Å². The van der Waals surface area contributed by atoms with Crippen molar-refractivity contribution in [2.45, 2.75) is 38.1 Å². The van der Waals surface area contributed by atoms with Crippen LogP contribution in [0, 0.1) is 17.2 Å². The maximum atomic E-state index is 13.0. The van der Waals surface area contributed by atoms with Gasteiger partial charge < -0.3 is 26.5 Å². The highest BCUT2D eigenvalue weighted by atomic mass is 16.4. The third kappa shape index (κ3) is 5.68. The molecule has 0 bridgehead atoms. The van der Waals surface area contributed by atoms with Crippen molar-refractivity contribution in [2.75, 3.05) is 5.32 Å². The lowest BCUT2D eigenvalue weighted by Gasteiger charge is -2.30. The van der Waals surface area contributed by atoms with Crippen LogP contribution < -0.4 is 16.4 Å². The van der Waals surface area contributed by atoms with E-state index in [4.69, 9.17) is 11.1 Å². The number of aromatic nitrogens is 2. The van der Waals surface area contributed by atoms with Crippen molar-refractivity contribution < 1.29 is 19.5 Å². The van der Waals surface area contributed by atoms with E-state index in [0.717, 1.165) is 12.8 Å². The Labute approximate surface area is 179 Å². The SMILES string of the molecule is N=C(N)c1ccc(NC(=O)C2CCCCC2C(=O)NC(CC(=O)O)c2ncc[nH]2)cc1. The van der Waals surface area contributed by atoms with E-state index in [1.165, 1.54) is 6.20 Å². The van der Waals surface area contributed by atoms with Gasteiger partial charge in [-0.25, -0.2) is 4.98 Å². The predicted octanol–water partition coefficient (Wildman–Crippen LogP) is 1.77. The fourth-order valence-corrected chi connectivity index (χ4v) is 3.86. The Morgan fingerprint density at radius 3 is 2.35 bits per heavy atom. The van der Waals surface area contributed by atoms with Gasteiger partial charge in [0, 0.05) is 35.5 Å². The molecule has 7 N–H and O–H groups in total. The van der Waals surface area contributed by atoms with Crippen LogP contribution >= 0.6 is 0 Å². The van der Waals surface area contributed by atoms with E-state index >= 15 is 0 Å². The summed E-state index contributed by atoms with van der Waals surface area (Å²) in [5.41, 5.74) is 6.55. The lowest BCUT2D eigenvalue weighted by Crippen LogP contribution is -2.43. The highest BCUT2D eigenvalue weighted by molar-refractivity contribution is 5.98. The fraction of sp³-hybridized carbons (Fsp3) is 0.381. The molecule has 1 heterocycles. The van der Waals surface area contributed by atoms with Gasteiger partial charge in [0.05, 0.1) is 12.5 Å². The molecule has 1 aliphatic rings. The van der Waals surface area contributed by atoms with E-state index in [2.05, 4.69) is 20.6 Å². The van der Waals surface area contributed by atoms with Crippen molar-refractivity contribution in [2.24, 2.45) is 17.6 Å². The number of H-pyrrole nitrogens is 1. The number of hydrogen-bond donors (Lipinski definition) is 6. The number of amides is 2. The van der Waals surface area contributed by atoms with Crippen LogP contribution in [-0.2, 0) is 14.4 Å². The molecule has 0 radical (unpaired) electrons. The van der Waals surface area contributed by atoms with Gasteiger partial charge in [0.1, 0.15) is 11.7 Å². The summed E-state index contributed by atoms with van der Waals surface area (Å²) >= 11 is 0. The Morgan fingerprint density at radius 1 is 1.16 bits per heavy atom. The molecule has 1 aromatic heterocycles. The quantitative estimate of drug-likeness (QED) is 0.277. The second-order valence-corrected chi connectivity index (χ2v) is 7.61. The summed E-state index contributed by atoms with van der Waals surface area (Å²) in [6, 6.07) is 5.80. The van der Waals surface area contributed by atoms with E-state index in [1.54, 1.807) is 30.5 Å². The number of nitrogens with two attached hydrogens (primary N) is 1. The summed E-state index contributed by atoms with van der Waals surface area (Å²) in [4.78, 5) is 44.1. The zero-order chi connectivity index (χ0) is 22.4. The number of rotatable bonds is 8. The Bertz CT molecular complexity index is 941. The van der Waals surface area contributed by atoms with Crippen LogP contribution in [0.15, 0.2) is 36.7 Å². The summed E-state index contributed by atoms with van der Waals surface area (Å²) in [6.07, 6.45) is 5.51. The van der Waals surface area contributed by atoms with E-state index in [9.17, 15) is 19.5 Å². The minimum Gasteiger partial charge on any atom is -0.481 e. The van der Waals surface area contributed by atoms with E-state index in [-0.39, 0.29) is 24.1 Å². The first-order valence-corrected chi connectivity index (χ1v) is 10.1. The summed E-state index contributed by atoms with van der Waals surface area (Å²) < 4.78 is 0. The number of amidine groups is 1. The van der Waals surface area contributed by atoms with Gasteiger partial charge in [-0.2, -0.15) is 0 Å². The van der Waals surface area contributed by atoms with Crippen LogP contribution in [-0.4, -0.2) is 38.7 Å². The van der Waals surface area contributed by atoms with E-state index in [1.807, 2.05) is 0 Å². The van der Waals surface area contributed by atoms with Crippen molar-refractivity contribution in [3.63, 3.8) is 0 Å². The number of hydrogen-bond acceptors (Lipinski definition) is 5. The van der Waals surface area contributed by atoms with Gasteiger partial charge >= 0.3 is 5.97 Å². The number of carboxylic acids is 1. The highest BCUT2D eigenvalue weighted by Crippen LogP contribution is 2.32. The molecule has 3 unspecified atom stereocenters. The lowest BCUT2D eigenvalue weighted by atomic mass is 9.78. The number of benzene rings is 1. The molecule has 0 spiro atoms. The number of imidazole rings is 1. The molecule has 10 nitrogen and oxygen atoms in total. The Kier molecular flexibility index (Phi) is 7.01. The maximum Gasteiger partial charge on any atom is 0.305 e. The third-order valence-corrected chi connectivity index (χ3v) is 5.45. The number of aliphatic carboxylic acids is 1. The number of carbonyl (C=O) groups is 3. The molecule has 2 aromatic rings. The maximum absolute atomic E-state index is 13.0.